The maximum Gasteiger partial charge on any atom is 0.316 e. The first-order valence-electron chi connectivity index (χ1n) is 1.53. The van der Waals surface area contributed by atoms with Crippen molar-refractivity contribution in [2.24, 2.45) is 0 Å². The molecule has 0 aliphatic heterocycles. The molecule has 10 heteroatoms. The summed E-state index contributed by atoms with van der Waals surface area (Å²) in [5.41, 5.74) is 0. The molecule has 6 nitrogen and oxygen atoms in total. The third kappa shape index (κ3) is 7.98. The molecule has 60 valence electrons. The first kappa shape index (κ1) is 16.0. The first-order valence-corrected chi connectivity index (χ1v) is 4.01. The molecule has 0 aromatic carbocycles. The van der Waals surface area contributed by atoms with Crippen LogP contribution in [0.1, 0.15) is 0 Å². The molecule has 0 saturated heterocycles. The largest absolute Gasteiger partial charge is 0.759 e. The maximum absolute atomic E-state index is 10.0. The van der Waals surface area contributed by atoms with E-state index in [4.69, 9.17) is 0 Å². The fraction of sp³-hybridized carbons (Fsp3) is 0. The van der Waals surface area contributed by atoms with Gasteiger partial charge in [0.2, 0.25) is 0 Å². The van der Waals surface area contributed by atoms with E-state index in [9.17, 15) is 17.2 Å². The maximum atomic E-state index is 10.0. The molecule has 0 radical (unpaired) electrons. The second-order valence-electron chi connectivity index (χ2n) is 0.890. The van der Waals surface area contributed by atoms with Crippen LogP contribution in [0.15, 0.2) is 0 Å². The molecule has 0 aliphatic carbocycles. The van der Waals surface area contributed by atoms with Crippen molar-refractivity contribution < 1.29 is 21.4 Å². The number of nitrogens with one attached hydrogen (secondary N) is 1. The Morgan fingerprint density at radius 3 is 1.91 bits per heavy atom. The van der Waals surface area contributed by atoms with E-state index >= 15 is 0 Å². The summed E-state index contributed by atoms with van der Waals surface area (Å²) in [5.74, 6) is 0. The van der Waals surface area contributed by atoms with Crippen LogP contribution in [0.4, 0.5) is 0 Å². The van der Waals surface area contributed by atoms with Gasteiger partial charge in [-0.05, 0) is 0 Å². The van der Waals surface area contributed by atoms with Crippen LogP contribution in [0.5, 0.6) is 0 Å². The topological polar surface area (TPSA) is 95.5 Å². The molecule has 0 amide bonds. The molecule has 0 rings (SSSR count). The zero-order valence-corrected chi connectivity index (χ0v) is 19.9. The molecule has 11 heavy (non-hydrogen) atoms. The summed E-state index contributed by atoms with van der Waals surface area (Å²) in [6.45, 7) is 0. The van der Waals surface area contributed by atoms with E-state index in [2.05, 4.69) is 11.3 Å². The van der Waals surface area contributed by atoms with Gasteiger partial charge < -0.3 is 8.74 Å². The van der Waals surface area contributed by atoms with Crippen LogP contribution in [0.25, 0.3) is 0 Å². The molecule has 0 bridgehead atoms. The summed E-state index contributed by atoms with van der Waals surface area (Å²) in [6, 6.07) is 0. The van der Waals surface area contributed by atoms with Crippen molar-refractivity contribution in [2.75, 3.05) is 0 Å². The summed E-state index contributed by atoms with van der Waals surface area (Å²) in [4.78, 5) is 0. The molecule has 0 spiro atoms. The van der Waals surface area contributed by atoms with Crippen molar-refractivity contribution in [3.05, 3.63) is 7.11 Å². The molecule has 1 N–H and O–H groups in total. The van der Waals surface area contributed by atoms with Crippen LogP contribution in [-0.2, 0) is 25.8 Å². The zero-order chi connectivity index (χ0) is 7.49. The van der Waals surface area contributed by atoms with E-state index in [1.165, 1.54) is 0 Å². The van der Waals surface area contributed by atoms with Gasteiger partial charge in [0, 0.05) is 11.3 Å². The molecule has 0 aromatic heterocycles. The van der Waals surface area contributed by atoms with Crippen LogP contribution in [-0.4, -0.2) is 17.2 Å². The van der Waals surface area contributed by atoms with Crippen molar-refractivity contribution in [1.29, 1.82) is 0 Å². The molecule has 0 fully saturated rings. The Bertz CT molecular complexity index is 201. The zero-order valence-electron chi connectivity index (χ0n) is 5.48. The molecule has 0 aromatic rings. The van der Waals surface area contributed by atoms with Crippen LogP contribution in [0.3, 0.4) is 0 Å². The van der Waals surface area contributed by atoms with Crippen LogP contribution >= 0.6 is 0 Å². The summed E-state index contributed by atoms with van der Waals surface area (Å²) < 4.78 is 43.7. The minimum atomic E-state index is -4.19. The van der Waals surface area contributed by atoms with Crippen molar-refractivity contribution in [3.8, 4) is 0 Å². The van der Waals surface area contributed by atoms with Crippen LogP contribution in [0, 0.1) is 7.11 Å². The summed E-state index contributed by atoms with van der Waals surface area (Å²) in [5, 5.41) is 0. The summed E-state index contributed by atoms with van der Waals surface area (Å²) >= 11 is -2.89. The fourth-order valence-corrected chi connectivity index (χ4v) is 0.967. The monoisotopic (exact) mass is 707 g/mol. The van der Waals surface area contributed by atoms with Crippen LogP contribution in [0.2, 0.25) is 0 Å². The van der Waals surface area contributed by atoms with Crippen molar-refractivity contribution in [2.45, 2.75) is 0 Å². The second kappa shape index (κ2) is 4.82. The molecule has 1 unspecified atom stereocenters. The fourth-order valence-electron chi connectivity index (χ4n) is 0.107. The predicted molar refractivity (Wildman–Crippen MR) is 27.4 cm³/mol. The van der Waals surface area contributed by atoms with E-state index < -0.39 is 21.6 Å². The average Bonchev–Trinajstić information content (AvgIpc) is 1.63. The molecule has 1 atom stereocenters. The molecule has 0 saturated carbocycles. The van der Waals surface area contributed by atoms with E-state index in [0.717, 1.165) is 4.13 Å². The Morgan fingerprint density at radius 2 is 1.82 bits per heavy atom. The normalized spacial score (nSPS) is 12.5. The van der Waals surface area contributed by atoms with E-state index in [-0.39, 0.29) is 0 Å². The number of hydrogen-bond acceptors (Lipinski definition) is 5. The van der Waals surface area contributed by atoms with Gasteiger partial charge in [0.1, 0.15) is 0 Å². The smallest absolute Gasteiger partial charge is 0.316 e. The van der Waals surface area contributed by atoms with Gasteiger partial charge in [0.25, 0.3) is 0 Å². The van der Waals surface area contributed by atoms with Gasteiger partial charge in [0.05, 0.1) is 0 Å². The van der Waals surface area contributed by atoms with Gasteiger partial charge in [-0.3, -0.25) is 4.21 Å². The standard InChI is InChI=1S/CH4NO5S2.2Rf/c1-7-9(5,6)2-8(3)4;;/h2H,1H2,(H,3,4);;/q-1;;/p-1. The minimum absolute atomic E-state index is 0. The van der Waals surface area contributed by atoms with Gasteiger partial charge in [-0.2, -0.15) is 8.42 Å². The quantitative estimate of drug-likeness (QED) is 0.283. The van der Waals surface area contributed by atoms with E-state index in [1.54, 1.807) is 0 Å². The SMILES string of the molecule is [CH2-]OS(=O)(=O)NS(=O)[O-].[Rf].[Rf]. The van der Waals surface area contributed by atoms with Gasteiger partial charge in [-0.25, -0.2) is 7.11 Å². The van der Waals surface area contributed by atoms with Gasteiger partial charge in [-0.1, -0.05) is 0 Å². The first-order chi connectivity index (χ1) is 3.98. The van der Waals surface area contributed by atoms with Gasteiger partial charge >= 0.3 is 10.3 Å². The van der Waals surface area contributed by atoms with E-state index in [0.29, 0.717) is 0 Å². The summed E-state index contributed by atoms with van der Waals surface area (Å²) in [6.07, 6.45) is 0. The Morgan fingerprint density at radius 1 is 1.45 bits per heavy atom. The Labute approximate surface area is 54.9 Å². The molecular formula is CH3NO5Rf2S2-2. The Balaban J connectivity index is -0.000000320. The van der Waals surface area contributed by atoms with Crippen molar-refractivity contribution in [3.63, 3.8) is 0 Å². The molecule has 0 aliphatic rings. The van der Waals surface area contributed by atoms with E-state index in [1.807, 2.05) is 0 Å². The predicted octanol–water partition coefficient (Wildman–Crippen LogP) is -1.58. The molecular weight excluding hydrogens is 704 g/mol. The van der Waals surface area contributed by atoms with Crippen molar-refractivity contribution in [1.82, 2.24) is 4.13 Å². The minimum Gasteiger partial charge on any atom is -0.759 e. The third-order valence-electron chi connectivity index (χ3n) is 0.325. The second-order valence-corrected chi connectivity index (χ2v) is 3.17. The van der Waals surface area contributed by atoms with Gasteiger partial charge in [0.15, 0.2) is 0 Å². The Hall–Kier alpha value is -2.02. The third-order valence-corrected chi connectivity index (χ3v) is 2.00. The van der Waals surface area contributed by atoms with Crippen LogP contribution < -0.4 is 4.13 Å². The average molecular weight is 707 g/mol. The number of hydrogen-bond donors (Lipinski definition) is 1. The van der Waals surface area contributed by atoms with Gasteiger partial charge in [-0.15, -0.1) is 4.13 Å². The summed E-state index contributed by atoms with van der Waals surface area (Å²) in [7, 11) is -1.71. The number of rotatable bonds is 3. The Kier molecular flexibility index (Phi) is 7.01. The molecule has 0 heterocycles. The van der Waals surface area contributed by atoms with Crippen molar-refractivity contribution >= 4 is 21.6 Å².